The van der Waals surface area contributed by atoms with Crippen molar-refractivity contribution < 1.29 is 0 Å². The maximum atomic E-state index is 6.17. The molecule has 0 saturated heterocycles. The molecule has 0 heterocycles. The van der Waals surface area contributed by atoms with Crippen molar-refractivity contribution in [3.63, 3.8) is 0 Å². The van der Waals surface area contributed by atoms with Crippen LogP contribution < -0.4 is 0 Å². The largest absolute Gasteiger partial charge is 0.0999 e. The third kappa shape index (κ3) is 2.01. The fourth-order valence-electron chi connectivity index (χ4n) is 2.14. The lowest BCUT2D eigenvalue weighted by Gasteiger charge is -2.24. The first-order valence-electron chi connectivity index (χ1n) is 5.18. The van der Waals surface area contributed by atoms with Crippen molar-refractivity contribution in [1.29, 1.82) is 0 Å². The van der Waals surface area contributed by atoms with Crippen LogP contribution in [0.15, 0.2) is 36.4 Å². The SMILES string of the molecule is C=C1CCC(c2ccccc2Cl)CC1. The minimum atomic E-state index is 0.647. The average Bonchev–Trinajstić information content (AvgIpc) is 2.20. The Labute approximate surface area is 90.6 Å². The number of benzene rings is 1. The van der Waals surface area contributed by atoms with E-state index in [0.717, 1.165) is 17.9 Å². The molecular weight excluding hydrogens is 192 g/mol. The molecule has 0 N–H and O–H groups in total. The molecule has 1 aromatic carbocycles. The molecule has 0 spiro atoms. The third-order valence-electron chi connectivity index (χ3n) is 3.04. The molecule has 0 atom stereocenters. The van der Waals surface area contributed by atoms with Crippen molar-refractivity contribution in [2.75, 3.05) is 0 Å². The smallest absolute Gasteiger partial charge is 0.0440 e. The zero-order valence-corrected chi connectivity index (χ0v) is 9.06. The fraction of sp³-hybridized carbons (Fsp3) is 0.385. The van der Waals surface area contributed by atoms with Gasteiger partial charge in [-0.3, -0.25) is 0 Å². The zero-order chi connectivity index (χ0) is 9.97. The molecule has 0 unspecified atom stereocenters. The molecule has 1 fully saturated rings. The van der Waals surface area contributed by atoms with Crippen LogP contribution in [0.2, 0.25) is 5.02 Å². The van der Waals surface area contributed by atoms with Gasteiger partial charge in [-0.15, -0.1) is 0 Å². The van der Waals surface area contributed by atoms with Gasteiger partial charge in [-0.2, -0.15) is 0 Å². The summed E-state index contributed by atoms with van der Waals surface area (Å²) in [5, 5.41) is 0.921. The van der Waals surface area contributed by atoms with Gasteiger partial charge in [0, 0.05) is 5.02 Å². The number of rotatable bonds is 1. The van der Waals surface area contributed by atoms with Crippen LogP contribution in [0.5, 0.6) is 0 Å². The molecule has 1 aromatic rings. The topological polar surface area (TPSA) is 0 Å². The monoisotopic (exact) mass is 206 g/mol. The van der Waals surface area contributed by atoms with E-state index < -0.39 is 0 Å². The van der Waals surface area contributed by atoms with Gasteiger partial charge in [0.1, 0.15) is 0 Å². The lowest BCUT2D eigenvalue weighted by Crippen LogP contribution is -2.06. The second-order valence-corrected chi connectivity index (χ2v) is 4.45. The van der Waals surface area contributed by atoms with Crippen molar-refractivity contribution in [3.05, 3.63) is 47.0 Å². The number of hydrogen-bond acceptors (Lipinski definition) is 0. The molecule has 1 aliphatic carbocycles. The maximum absolute atomic E-state index is 6.17. The summed E-state index contributed by atoms with van der Waals surface area (Å²) in [5.41, 5.74) is 2.72. The first-order valence-corrected chi connectivity index (χ1v) is 5.56. The molecule has 74 valence electrons. The predicted octanol–water partition coefficient (Wildman–Crippen LogP) is 4.55. The standard InChI is InChI=1S/C13H15Cl/c1-10-6-8-11(9-7-10)12-4-2-3-5-13(12)14/h2-5,11H,1,6-9H2. The summed E-state index contributed by atoms with van der Waals surface area (Å²) in [5.74, 6) is 0.647. The second kappa shape index (κ2) is 4.18. The van der Waals surface area contributed by atoms with E-state index in [1.54, 1.807) is 0 Å². The van der Waals surface area contributed by atoms with Crippen LogP contribution in [0.3, 0.4) is 0 Å². The Hall–Kier alpha value is -0.750. The maximum Gasteiger partial charge on any atom is 0.0440 e. The quantitative estimate of drug-likeness (QED) is 0.592. The zero-order valence-electron chi connectivity index (χ0n) is 8.30. The fourth-order valence-corrected chi connectivity index (χ4v) is 2.43. The van der Waals surface area contributed by atoms with E-state index in [-0.39, 0.29) is 0 Å². The minimum absolute atomic E-state index is 0.647. The summed E-state index contributed by atoms with van der Waals surface area (Å²) in [4.78, 5) is 0. The van der Waals surface area contributed by atoms with Crippen LogP contribution in [0.1, 0.15) is 37.2 Å². The molecule has 0 aromatic heterocycles. The van der Waals surface area contributed by atoms with E-state index in [1.165, 1.54) is 24.0 Å². The van der Waals surface area contributed by atoms with E-state index in [2.05, 4.69) is 18.7 Å². The van der Waals surface area contributed by atoms with Gasteiger partial charge in [-0.1, -0.05) is 42.0 Å². The van der Waals surface area contributed by atoms with Crippen LogP contribution in [-0.4, -0.2) is 0 Å². The summed E-state index contributed by atoms with van der Waals surface area (Å²) >= 11 is 6.17. The van der Waals surface area contributed by atoms with E-state index in [9.17, 15) is 0 Å². The number of allylic oxidation sites excluding steroid dienone is 1. The van der Waals surface area contributed by atoms with Crippen LogP contribution in [-0.2, 0) is 0 Å². The van der Waals surface area contributed by atoms with Gasteiger partial charge in [0.2, 0.25) is 0 Å². The summed E-state index contributed by atoms with van der Waals surface area (Å²) in [6, 6.07) is 8.21. The number of halogens is 1. The predicted molar refractivity (Wildman–Crippen MR) is 61.8 cm³/mol. The molecular formula is C13H15Cl. The Morgan fingerprint density at radius 1 is 1.14 bits per heavy atom. The van der Waals surface area contributed by atoms with E-state index in [1.807, 2.05) is 12.1 Å². The van der Waals surface area contributed by atoms with E-state index in [0.29, 0.717) is 5.92 Å². The average molecular weight is 207 g/mol. The molecule has 0 nitrogen and oxygen atoms in total. The Kier molecular flexibility index (Phi) is 2.93. The molecule has 1 aliphatic rings. The van der Waals surface area contributed by atoms with Crippen LogP contribution >= 0.6 is 11.6 Å². The highest BCUT2D eigenvalue weighted by molar-refractivity contribution is 6.31. The first kappa shape index (κ1) is 9.79. The molecule has 1 heteroatoms. The lowest BCUT2D eigenvalue weighted by molar-refractivity contribution is 0.518. The van der Waals surface area contributed by atoms with E-state index >= 15 is 0 Å². The van der Waals surface area contributed by atoms with E-state index in [4.69, 9.17) is 11.6 Å². The Bertz CT molecular complexity index is 331. The second-order valence-electron chi connectivity index (χ2n) is 4.05. The molecule has 2 rings (SSSR count). The first-order chi connectivity index (χ1) is 6.77. The van der Waals surface area contributed by atoms with Crippen molar-refractivity contribution >= 4 is 11.6 Å². The normalized spacial score (nSPS) is 18.5. The van der Waals surface area contributed by atoms with Gasteiger partial charge in [-0.25, -0.2) is 0 Å². The van der Waals surface area contributed by atoms with Gasteiger partial charge in [0.25, 0.3) is 0 Å². The van der Waals surface area contributed by atoms with Gasteiger partial charge in [0.15, 0.2) is 0 Å². The Morgan fingerprint density at radius 3 is 2.43 bits per heavy atom. The molecule has 0 bridgehead atoms. The van der Waals surface area contributed by atoms with Crippen LogP contribution in [0, 0.1) is 0 Å². The van der Waals surface area contributed by atoms with Crippen molar-refractivity contribution in [2.45, 2.75) is 31.6 Å². The van der Waals surface area contributed by atoms with Gasteiger partial charge < -0.3 is 0 Å². The molecule has 0 aliphatic heterocycles. The van der Waals surface area contributed by atoms with Crippen LogP contribution in [0.25, 0.3) is 0 Å². The van der Waals surface area contributed by atoms with Crippen molar-refractivity contribution in [3.8, 4) is 0 Å². The highest BCUT2D eigenvalue weighted by Gasteiger charge is 2.18. The molecule has 1 saturated carbocycles. The lowest BCUT2D eigenvalue weighted by atomic mass is 9.82. The highest BCUT2D eigenvalue weighted by atomic mass is 35.5. The minimum Gasteiger partial charge on any atom is -0.0999 e. The summed E-state index contributed by atoms with van der Waals surface area (Å²) in [6.07, 6.45) is 4.75. The number of hydrogen-bond donors (Lipinski definition) is 0. The van der Waals surface area contributed by atoms with Gasteiger partial charge in [0.05, 0.1) is 0 Å². The summed E-state index contributed by atoms with van der Waals surface area (Å²) in [7, 11) is 0. The molecule has 0 radical (unpaired) electrons. The molecule has 14 heavy (non-hydrogen) atoms. The molecule has 0 amide bonds. The third-order valence-corrected chi connectivity index (χ3v) is 3.38. The van der Waals surface area contributed by atoms with Crippen LogP contribution in [0.4, 0.5) is 0 Å². The van der Waals surface area contributed by atoms with Gasteiger partial charge >= 0.3 is 0 Å². The highest BCUT2D eigenvalue weighted by Crippen LogP contribution is 2.37. The summed E-state index contributed by atoms with van der Waals surface area (Å²) in [6.45, 7) is 4.03. The van der Waals surface area contributed by atoms with Crippen molar-refractivity contribution in [1.82, 2.24) is 0 Å². The van der Waals surface area contributed by atoms with Crippen molar-refractivity contribution in [2.24, 2.45) is 0 Å². The van der Waals surface area contributed by atoms with Gasteiger partial charge in [-0.05, 0) is 43.2 Å². The Balaban J connectivity index is 2.16. The summed E-state index contributed by atoms with van der Waals surface area (Å²) < 4.78 is 0. The Morgan fingerprint density at radius 2 is 1.79 bits per heavy atom.